The number of halogens is 1. The summed E-state index contributed by atoms with van der Waals surface area (Å²) in [7, 11) is 0. The van der Waals surface area contributed by atoms with Gasteiger partial charge in [-0.15, -0.1) is 0 Å². The lowest BCUT2D eigenvalue weighted by Gasteiger charge is -2.14. The predicted molar refractivity (Wildman–Crippen MR) is 69.2 cm³/mol. The molecular weight excluding hydrogens is 254 g/mol. The number of benzene rings is 1. The van der Waals surface area contributed by atoms with Crippen LogP contribution in [0.3, 0.4) is 0 Å². The van der Waals surface area contributed by atoms with Gasteiger partial charge >= 0.3 is 5.97 Å². The molecule has 0 saturated heterocycles. The second-order valence-electron chi connectivity index (χ2n) is 3.92. The number of furan rings is 1. The Kier molecular flexibility index (Phi) is 3.58. The molecule has 0 amide bonds. The van der Waals surface area contributed by atoms with Crippen molar-refractivity contribution >= 4 is 23.3 Å². The predicted octanol–water partition coefficient (Wildman–Crippen LogP) is 3.80. The van der Waals surface area contributed by atoms with Crippen molar-refractivity contribution in [3.8, 4) is 0 Å². The van der Waals surface area contributed by atoms with E-state index in [9.17, 15) is 4.79 Å². The third-order valence-electron chi connectivity index (χ3n) is 2.62. The lowest BCUT2D eigenvalue weighted by atomic mass is 10.1. The zero-order valence-electron chi connectivity index (χ0n) is 9.68. The van der Waals surface area contributed by atoms with Crippen molar-refractivity contribution in [1.29, 1.82) is 0 Å². The summed E-state index contributed by atoms with van der Waals surface area (Å²) in [6.07, 6.45) is 3.24. The second kappa shape index (κ2) is 5.14. The molecule has 0 radical (unpaired) electrons. The number of aromatic carboxylic acids is 1. The summed E-state index contributed by atoms with van der Waals surface area (Å²) in [5, 5.41) is 12.4. The number of anilines is 1. The molecule has 0 saturated carbocycles. The zero-order valence-corrected chi connectivity index (χ0v) is 10.4. The van der Waals surface area contributed by atoms with Gasteiger partial charge in [0.1, 0.15) is 0 Å². The van der Waals surface area contributed by atoms with Gasteiger partial charge in [0, 0.05) is 11.3 Å². The number of carbonyl (C=O) groups is 1. The lowest BCUT2D eigenvalue weighted by Crippen LogP contribution is -2.07. The van der Waals surface area contributed by atoms with E-state index < -0.39 is 5.97 Å². The maximum atomic E-state index is 11.0. The van der Waals surface area contributed by atoms with Gasteiger partial charge < -0.3 is 14.8 Å². The van der Waals surface area contributed by atoms with E-state index in [0.717, 1.165) is 5.56 Å². The lowest BCUT2D eigenvalue weighted by molar-refractivity contribution is 0.0697. The van der Waals surface area contributed by atoms with E-state index in [4.69, 9.17) is 21.1 Å². The van der Waals surface area contributed by atoms with Crippen molar-refractivity contribution in [2.24, 2.45) is 0 Å². The summed E-state index contributed by atoms with van der Waals surface area (Å²) in [4.78, 5) is 11.0. The standard InChI is InChI=1S/C13H12ClNO3/c1-8(9-4-5-18-7-9)15-10-2-3-12(14)11(6-10)13(16)17/h2-8,15H,1H3,(H,16,17). The molecule has 4 nitrogen and oxygen atoms in total. The molecule has 5 heteroatoms. The first kappa shape index (κ1) is 12.5. The van der Waals surface area contributed by atoms with Crippen LogP contribution in [0, 0.1) is 0 Å². The second-order valence-corrected chi connectivity index (χ2v) is 4.33. The summed E-state index contributed by atoms with van der Waals surface area (Å²) in [5.41, 5.74) is 1.77. The van der Waals surface area contributed by atoms with Gasteiger partial charge in [-0.25, -0.2) is 4.79 Å². The molecule has 2 rings (SSSR count). The Labute approximate surface area is 109 Å². The first-order valence-electron chi connectivity index (χ1n) is 5.39. The van der Waals surface area contributed by atoms with Crippen LogP contribution < -0.4 is 5.32 Å². The quantitative estimate of drug-likeness (QED) is 0.882. The molecular formula is C13H12ClNO3. The monoisotopic (exact) mass is 265 g/mol. The highest BCUT2D eigenvalue weighted by atomic mass is 35.5. The van der Waals surface area contributed by atoms with Gasteiger partial charge in [-0.05, 0) is 31.2 Å². The number of nitrogens with one attached hydrogen (secondary N) is 1. The molecule has 94 valence electrons. The van der Waals surface area contributed by atoms with Crippen LogP contribution in [0.2, 0.25) is 5.02 Å². The zero-order chi connectivity index (χ0) is 13.1. The molecule has 1 unspecified atom stereocenters. The smallest absolute Gasteiger partial charge is 0.337 e. The van der Waals surface area contributed by atoms with Crippen LogP contribution in [0.15, 0.2) is 41.2 Å². The van der Waals surface area contributed by atoms with Crippen molar-refractivity contribution < 1.29 is 14.3 Å². The molecule has 1 heterocycles. The fourth-order valence-corrected chi connectivity index (χ4v) is 1.83. The minimum atomic E-state index is -1.04. The fraction of sp³-hybridized carbons (Fsp3) is 0.154. The molecule has 0 spiro atoms. The summed E-state index contributed by atoms with van der Waals surface area (Å²) in [6, 6.07) is 6.69. The highest BCUT2D eigenvalue weighted by molar-refractivity contribution is 6.33. The van der Waals surface area contributed by atoms with Gasteiger partial charge in [0.2, 0.25) is 0 Å². The largest absolute Gasteiger partial charge is 0.478 e. The Morgan fingerprint density at radius 3 is 2.83 bits per heavy atom. The summed E-state index contributed by atoms with van der Waals surface area (Å²) >= 11 is 5.80. The van der Waals surface area contributed by atoms with Crippen LogP contribution in [0.5, 0.6) is 0 Å². The molecule has 2 N–H and O–H groups in total. The van der Waals surface area contributed by atoms with Crippen LogP contribution >= 0.6 is 11.6 Å². The first-order chi connectivity index (χ1) is 8.58. The number of carboxylic acid groups (broad SMARTS) is 1. The molecule has 2 aromatic rings. The van der Waals surface area contributed by atoms with Gasteiger partial charge in [-0.2, -0.15) is 0 Å². The van der Waals surface area contributed by atoms with E-state index in [1.807, 2.05) is 13.0 Å². The molecule has 1 aromatic heterocycles. The van der Waals surface area contributed by atoms with Crippen molar-refractivity contribution in [1.82, 2.24) is 0 Å². The topological polar surface area (TPSA) is 62.5 Å². The minimum Gasteiger partial charge on any atom is -0.478 e. The van der Waals surface area contributed by atoms with Crippen molar-refractivity contribution in [3.05, 3.63) is 52.9 Å². The van der Waals surface area contributed by atoms with E-state index in [-0.39, 0.29) is 16.6 Å². The average Bonchev–Trinajstić information content (AvgIpc) is 2.85. The Morgan fingerprint density at radius 2 is 2.22 bits per heavy atom. The van der Waals surface area contributed by atoms with Crippen LogP contribution in [0.1, 0.15) is 28.9 Å². The van der Waals surface area contributed by atoms with Crippen LogP contribution in [0.4, 0.5) is 5.69 Å². The molecule has 0 aliphatic rings. The minimum absolute atomic E-state index is 0.0200. The van der Waals surface area contributed by atoms with E-state index in [1.165, 1.54) is 6.07 Å². The number of hydrogen-bond donors (Lipinski definition) is 2. The molecule has 1 atom stereocenters. The number of hydrogen-bond acceptors (Lipinski definition) is 3. The van der Waals surface area contributed by atoms with Crippen molar-refractivity contribution in [2.75, 3.05) is 5.32 Å². The normalized spacial score (nSPS) is 12.1. The van der Waals surface area contributed by atoms with Crippen molar-refractivity contribution in [3.63, 3.8) is 0 Å². The van der Waals surface area contributed by atoms with Gasteiger partial charge in [0.25, 0.3) is 0 Å². The highest BCUT2D eigenvalue weighted by Crippen LogP contribution is 2.24. The van der Waals surface area contributed by atoms with E-state index in [2.05, 4.69) is 5.32 Å². The Morgan fingerprint density at radius 1 is 1.44 bits per heavy atom. The highest BCUT2D eigenvalue weighted by Gasteiger charge is 2.11. The molecule has 0 aliphatic carbocycles. The Bertz CT molecular complexity index is 551. The Balaban J connectivity index is 2.20. The fourth-order valence-electron chi connectivity index (χ4n) is 1.63. The van der Waals surface area contributed by atoms with Gasteiger partial charge in [-0.1, -0.05) is 11.6 Å². The molecule has 0 bridgehead atoms. The van der Waals surface area contributed by atoms with Gasteiger partial charge in [0.15, 0.2) is 0 Å². The van der Waals surface area contributed by atoms with Crippen LogP contribution in [-0.2, 0) is 0 Å². The summed E-state index contributed by atoms with van der Waals surface area (Å²) < 4.78 is 5.00. The number of carboxylic acids is 1. The van der Waals surface area contributed by atoms with Crippen LogP contribution in [-0.4, -0.2) is 11.1 Å². The Hall–Kier alpha value is -1.94. The number of rotatable bonds is 4. The van der Waals surface area contributed by atoms with Gasteiger partial charge in [0.05, 0.1) is 29.2 Å². The van der Waals surface area contributed by atoms with E-state index in [1.54, 1.807) is 24.7 Å². The molecule has 1 aromatic carbocycles. The van der Waals surface area contributed by atoms with Crippen molar-refractivity contribution in [2.45, 2.75) is 13.0 Å². The third-order valence-corrected chi connectivity index (χ3v) is 2.95. The molecule has 18 heavy (non-hydrogen) atoms. The van der Waals surface area contributed by atoms with Gasteiger partial charge in [-0.3, -0.25) is 0 Å². The summed E-state index contributed by atoms with van der Waals surface area (Å²) in [5.74, 6) is -1.04. The van der Waals surface area contributed by atoms with E-state index in [0.29, 0.717) is 5.69 Å². The molecule has 0 fully saturated rings. The van der Waals surface area contributed by atoms with E-state index >= 15 is 0 Å². The third kappa shape index (κ3) is 2.65. The summed E-state index contributed by atoms with van der Waals surface area (Å²) in [6.45, 7) is 1.96. The maximum Gasteiger partial charge on any atom is 0.337 e. The average molecular weight is 266 g/mol. The SMILES string of the molecule is CC(Nc1ccc(Cl)c(C(=O)O)c1)c1ccoc1. The van der Waals surface area contributed by atoms with Crippen LogP contribution in [0.25, 0.3) is 0 Å². The maximum absolute atomic E-state index is 11.0. The first-order valence-corrected chi connectivity index (χ1v) is 5.77. The molecule has 0 aliphatic heterocycles.